The monoisotopic (exact) mass is 571 g/mol. The molecule has 3 aliphatic rings. The number of nitrogens with two attached hydrogens (primary N) is 1. The van der Waals surface area contributed by atoms with Gasteiger partial charge in [-0.1, -0.05) is 24.3 Å². The first-order valence-corrected chi connectivity index (χ1v) is 13.8. The van der Waals surface area contributed by atoms with Crippen LogP contribution in [0.1, 0.15) is 45.7 Å². The molecule has 14 nitrogen and oxygen atoms in total. The van der Waals surface area contributed by atoms with Gasteiger partial charge < -0.3 is 35.3 Å². The topological polar surface area (TPSA) is 183 Å². The van der Waals surface area contributed by atoms with Crippen LogP contribution in [0.4, 0.5) is 4.79 Å². The molecule has 216 valence electrons. The molecule has 15 heteroatoms. The number of hydrogen-bond donors (Lipinski definition) is 3. The summed E-state index contributed by atoms with van der Waals surface area (Å²) in [5, 5.41) is 4.66. The fourth-order valence-corrected chi connectivity index (χ4v) is 5.41. The molecule has 0 radical (unpaired) electrons. The predicted molar refractivity (Wildman–Crippen MR) is 133 cm³/mol. The summed E-state index contributed by atoms with van der Waals surface area (Å²) < 4.78 is 52.5. The van der Waals surface area contributed by atoms with Gasteiger partial charge in [-0.25, -0.2) is 9.36 Å². The lowest BCUT2D eigenvalue weighted by atomic mass is 10.1. The van der Waals surface area contributed by atoms with Gasteiger partial charge in [0.1, 0.15) is 23.9 Å². The highest BCUT2D eigenvalue weighted by molar-refractivity contribution is 7.48. The van der Waals surface area contributed by atoms with E-state index in [9.17, 15) is 18.9 Å². The molecule has 0 saturated carbocycles. The molecule has 3 aliphatic heterocycles. The van der Waals surface area contributed by atoms with E-state index in [2.05, 4.69) is 10.6 Å². The zero-order valence-electron chi connectivity index (χ0n) is 22.3. The number of benzene rings is 1. The van der Waals surface area contributed by atoms with Crippen LogP contribution >= 0.6 is 7.82 Å². The van der Waals surface area contributed by atoms with Gasteiger partial charge in [0, 0.05) is 0 Å². The third-order valence-electron chi connectivity index (χ3n) is 5.91. The van der Waals surface area contributed by atoms with E-state index in [-0.39, 0.29) is 19.8 Å². The Morgan fingerprint density at radius 2 is 1.69 bits per heavy atom. The average molecular weight is 572 g/mol. The Bertz CT molecular complexity index is 1120. The number of phosphoric acid groups is 1. The highest BCUT2D eigenvalue weighted by atomic mass is 31.2. The molecule has 3 heterocycles. The van der Waals surface area contributed by atoms with Crippen LogP contribution in [0.5, 0.6) is 0 Å². The summed E-state index contributed by atoms with van der Waals surface area (Å²) in [6, 6.07) is 5.61. The van der Waals surface area contributed by atoms with Crippen molar-refractivity contribution in [3.63, 3.8) is 0 Å². The quantitative estimate of drug-likeness (QED) is 0.319. The Labute approximate surface area is 225 Å². The molecule has 4 N–H and O–H groups in total. The molecular weight excluding hydrogens is 537 g/mol. The van der Waals surface area contributed by atoms with Gasteiger partial charge in [-0.15, -0.1) is 0 Å². The number of carbonyl (C=O) groups is 3. The minimum atomic E-state index is -3.96. The van der Waals surface area contributed by atoms with E-state index in [1.54, 1.807) is 34.6 Å². The number of nitrogens with one attached hydrogen (secondary N) is 2. The molecule has 2 fully saturated rings. The summed E-state index contributed by atoms with van der Waals surface area (Å²) >= 11 is 0. The van der Waals surface area contributed by atoms with Crippen molar-refractivity contribution in [3.05, 3.63) is 35.4 Å². The van der Waals surface area contributed by atoms with Crippen molar-refractivity contribution < 1.29 is 51.5 Å². The summed E-state index contributed by atoms with van der Waals surface area (Å²) in [6.45, 7) is 8.01. The van der Waals surface area contributed by atoms with E-state index in [1.165, 1.54) is 0 Å². The molecule has 1 aromatic rings. The fourth-order valence-electron chi connectivity index (χ4n) is 4.26. The molecule has 5 atom stereocenters. The van der Waals surface area contributed by atoms with Crippen LogP contribution in [0.3, 0.4) is 0 Å². The van der Waals surface area contributed by atoms with Crippen LogP contribution in [0, 0.1) is 0 Å². The number of fused-ring (bicyclic) bond motifs is 2. The first kappa shape index (κ1) is 29.4. The Morgan fingerprint density at radius 3 is 2.26 bits per heavy atom. The second-order valence-electron chi connectivity index (χ2n) is 10.7. The number of hydrogen-bond acceptors (Lipinski definition) is 11. The molecule has 39 heavy (non-hydrogen) atoms. The van der Waals surface area contributed by atoms with E-state index in [1.807, 2.05) is 24.3 Å². The van der Waals surface area contributed by atoms with Gasteiger partial charge in [0.2, 0.25) is 5.91 Å². The Morgan fingerprint density at radius 1 is 1.10 bits per heavy atom. The van der Waals surface area contributed by atoms with Gasteiger partial charge in [0.15, 0.2) is 18.1 Å². The standard InChI is InChI=1S/C24H34N3O11P/c1-23(2,3)38-22(30)26-16(19(25)28)20(29)27-21-18-17(36-24(4,5)37-18)15(35-21)12-34-39(31)32-10-13-8-6-7-9-14(13)11-33-39/h6-9,15-18,21H,10-12H2,1-5H3,(H2,25,28)(H,26,30)(H,27,29)/t15-,16?,17-,18-,21-/m1/s1. The maximum atomic E-state index is 13.2. The molecule has 1 unspecified atom stereocenters. The largest absolute Gasteiger partial charge is 0.475 e. The van der Waals surface area contributed by atoms with Gasteiger partial charge >= 0.3 is 13.9 Å². The number of amides is 3. The second kappa shape index (κ2) is 11.1. The molecule has 0 spiro atoms. The Kier molecular flexibility index (Phi) is 8.39. The first-order chi connectivity index (χ1) is 18.1. The van der Waals surface area contributed by atoms with Crippen molar-refractivity contribution in [1.82, 2.24) is 10.6 Å². The highest BCUT2D eigenvalue weighted by Crippen LogP contribution is 2.53. The maximum absolute atomic E-state index is 13.2. The lowest BCUT2D eigenvalue weighted by molar-refractivity contribution is -0.194. The fraction of sp³-hybridized carbons (Fsp3) is 0.625. The lowest BCUT2D eigenvalue weighted by Gasteiger charge is -2.26. The van der Waals surface area contributed by atoms with Crippen molar-refractivity contribution in [2.45, 2.75) is 89.8 Å². The van der Waals surface area contributed by atoms with Crippen molar-refractivity contribution in [3.8, 4) is 0 Å². The molecule has 1 aromatic carbocycles. The zero-order chi connectivity index (χ0) is 28.6. The molecule has 3 amide bonds. The van der Waals surface area contributed by atoms with Crippen LogP contribution in [0.2, 0.25) is 0 Å². The third-order valence-corrected chi connectivity index (χ3v) is 7.27. The average Bonchev–Trinajstić information content (AvgIpc) is 3.23. The lowest BCUT2D eigenvalue weighted by Crippen LogP contribution is -2.58. The predicted octanol–water partition coefficient (Wildman–Crippen LogP) is 1.60. The van der Waals surface area contributed by atoms with Gasteiger partial charge in [-0.2, -0.15) is 0 Å². The molecule has 4 rings (SSSR count). The van der Waals surface area contributed by atoms with Crippen LogP contribution in [-0.2, 0) is 59.9 Å². The number of phosphoric ester groups is 1. The molecule has 0 aromatic heterocycles. The Balaban J connectivity index is 1.41. The van der Waals surface area contributed by atoms with Crippen molar-refractivity contribution >= 4 is 25.7 Å². The molecule has 0 bridgehead atoms. The first-order valence-electron chi connectivity index (χ1n) is 12.4. The zero-order valence-corrected chi connectivity index (χ0v) is 23.2. The number of carbonyl (C=O) groups excluding carboxylic acids is 3. The highest BCUT2D eigenvalue weighted by Gasteiger charge is 2.56. The number of ether oxygens (including phenoxy) is 4. The van der Waals surface area contributed by atoms with Crippen LogP contribution in [-0.4, -0.2) is 66.5 Å². The number of rotatable bonds is 7. The maximum Gasteiger partial charge on any atom is 0.475 e. The minimum Gasteiger partial charge on any atom is -0.444 e. The molecule has 2 saturated heterocycles. The SMILES string of the molecule is CC(C)(C)OC(=O)NC(C(N)=O)C(=O)N[C@@H]1O[C@H](COP2(=O)OCc3ccccc3CO2)[C@H]2OC(C)(C)O[C@H]21. The number of primary amides is 1. The normalized spacial score (nSPS) is 27.9. The van der Waals surface area contributed by atoms with Crippen molar-refractivity contribution in [2.24, 2.45) is 5.73 Å². The summed E-state index contributed by atoms with van der Waals surface area (Å²) in [7, 11) is -3.96. The van der Waals surface area contributed by atoms with Crippen LogP contribution < -0.4 is 16.4 Å². The summed E-state index contributed by atoms with van der Waals surface area (Å²) in [5.41, 5.74) is 6.14. The van der Waals surface area contributed by atoms with Gasteiger partial charge in [0.25, 0.3) is 5.91 Å². The van der Waals surface area contributed by atoms with Gasteiger partial charge in [-0.3, -0.25) is 23.2 Å². The summed E-state index contributed by atoms with van der Waals surface area (Å²) in [6.07, 6.45) is -4.56. The summed E-state index contributed by atoms with van der Waals surface area (Å²) in [5.74, 6) is -3.11. The van der Waals surface area contributed by atoms with E-state index in [0.717, 1.165) is 11.1 Å². The number of alkyl carbamates (subject to hydrolysis) is 1. The summed E-state index contributed by atoms with van der Waals surface area (Å²) in [4.78, 5) is 37.0. The van der Waals surface area contributed by atoms with Crippen molar-refractivity contribution in [2.75, 3.05) is 6.61 Å². The van der Waals surface area contributed by atoms with E-state index in [4.69, 9.17) is 38.3 Å². The minimum absolute atomic E-state index is 0.0372. The third kappa shape index (κ3) is 7.34. The Hall–Kier alpha value is -2.58. The van der Waals surface area contributed by atoms with Gasteiger partial charge in [0.05, 0.1) is 19.8 Å². The smallest absolute Gasteiger partial charge is 0.444 e. The van der Waals surface area contributed by atoms with E-state index in [0.29, 0.717) is 0 Å². The second-order valence-corrected chi connectivity index (χ2v) is 12.4. The van der Waals surface area contributed by atoms with Gasteiger partial charge in [-0.05, 0) is 45.7 Å². The molecule has 0 aliphatic carbocycles. The molecular formula is C24H34N3O11P. The van der Waals surface area contributed by atoms with Crippen LogP contribution in [0.25, 0.3) is 0 Å². The van der Waals surface area contributed by atoms with Crippen molar-refractivity contribution in [1.29, 1.82) is 0 Å². The van der Waals surface area contributed by atoms with E-state index >= 15 is 0 Å². The van der Waals surface area contributed by atoms with Crippen LogP contribution in [0.15, 0.2) is 24.3 Å². The van der Waals surface area contributed by atoms with E-state index < -0.39 is 67.7 Å².